The summed E-state index contributed by atoms with van der Waals surface area (Å²) >= 11 is 6.29. The van der Waals surface area contributed by atoms with Crippen LogP contribution in [0.5, 0.6) is 0 Å². The summed E-state index contributed by atoms with van der Waals surface area (Å²) in [5.41, 5.74) is 5.05. The zero-order chi connectivity index (χ0) is 14.5. The van der Waals surface area contributed by atoms with Gasteiger partial charge in [0.2, 0.25) is 0 Å². The van der Waals surface area contributed by atoms with E-state index in [1.807, 2.05) is 12.1 Å². The molecule has 106 valence electrons. The minimum Gasteiger partial charge on any atom is -0.306 e. The van der Waals surface area contributed by atoms with Crippen LogP contribution in [-0.4, -0.2) is 6.54 Å². The van der Waals surface area contributed by atoms with Crippen LogP contribution in [0.15, 0.2) is 42.5 Å². The third-order valence-electron chi connectivity index (χ3n) is 3.72. The first-order chi connectivity index (χ1) is 9.65. The Labute approximate surface area is 127 Å². The van der Waals surface area contributed by atoms with Gasteiger partial charge in [-0.3, -0.25) is 0 Å². The molecule has 1 unspecified atom stereocenters. The summed E-state index contributed by atoms with van der Waals surface area (Å²) < 4.78 is 0. The number of aryl methyl sites for hydroxylation is 1. The fraction of sp³-hybridized carbons (Fsp3) is 0.333. The van der Waals surface area contributed by atoms with Crippen molar-refractivity contribution in [2.45, 2.75) is 33.2 Å². The summed E-state index contributed by atoms with van der Waals surface area (Å²) in [7, 11) is 0. The van der Waals surface area contributed by atoms with Crippen LogP contribution in [0.1, 0.15) is 41.6 Å². The Kier molecular flexibility index (Phi) is 5.22. The van der Waals surface area contributed by atoms with E-state index in [9.17, 15) is 0 Å². The fourth-order valence-corrected chi connectivity index (χ4v) is 2.71. The molecule has 0 bridgehead atoms. The Bertz CT molecular complexity index is 577. The summed E-state index contributed by atoms with van der Waals surface area (Å²) in [5.74, 6) is 0. The molecule has 2 aromatic rings. The van der Waals surface area contributed by atoms with Crippen molar-refractivity contribution < 1.29 is 0 Å². The lowest BCUT2D eigenvalue weighted by Gasteiger charge is -2.23. The van der Waals surface area contributed by atoms with Gasteiger partial charge in [-0.15, -0.1) is 0 Å². The molecule has 0 saturated carbocycles. The Morgan fingerprint density at radius 3 is 2.40 bits per heavy atom. The van der Waals surface area contributed by atoms with Gasteiger partial charge >= 0.3 is 0 Å². The van der Waals surface area contributed by atoms with Gasteiger partial charge in [-0.1, -0.05) is 54.9 Å². The van der Waals surface area contributed by atoms with Crippen molar-refractivity contribution in [2.75, 3.05) is 6.54 Å². The van der Waals surface area contributed by atoms with E-state index in [-0.39, 0.29) is 6.04 Å². The molecular formula is C18H22ClN. The molecule has 20 heavy (non-hydrogen) atoms. The smallest absolute Gasteiger partial charge is 0.0582 e. The molecule has 1 N–H and O–H groups in total. The molecule has 0 aliphatic carbocycles. The molecule has 0 saturated heterocycles. The lowest BCUT2D eigenvalue weighted by molar-refractivity contribution is 0.594. The molecule has 0 radical (unpaired) electrons. The number of halogens is 1. The maximum atomic E-state index is 6.29. The molecule has 1 nitrogen and oxygen atoms in total. The Morgan fingerprint density at radius 2 is 1.70 bits per heavy atom. The highest BCUT2D eigenvalue weighted by atomic mass is 35.5. The first-order valence-electron chi connectivity index (χ1n) is 7.19. The van der Waals surface area contributed by atoms with E-state index >= 15 is 0 Å². The first kappa shape index (κ1) is 15.1. The van der Waals surface area contributed by atoms with E-state index in [2.05, 4.69) is 56.4 Å². The summed E-state index contributed by atoms with van der Waals surface area (Å²) in [6.45, 7) is 7.43. The van der Waals surface area contributed by atoms with Gasteiger partial charge in [0.25, 0.3) is 0 Å². The third kappa shape index (κ3) is 3.23. The van der Waals surface area contributed by atoms with E-state index in [0.29, 0.717) is 0 Å². The number of hydrogen-bond donors (Lipinski definition) is 1. The van der Waals surface area contributed by atoms with Gasteiger partial charge in [0.15, 0.2) is 0 Å². The van der Waals surface area contributed by atoms with Crippen molar-refractivity contribution in [3.05, 3.63) is 69.7 Å². The predicted octanol–water partition coefficient (Wildman–Crippen LogP) is 5.05. The molecule has 0 aliphatic heterocycles. The monoisotopic (exact) mass is 287 g/mol. The van der Waals surface area contributed by atoms with Crippen molar-refractivity contribution >= 4 is 11.6 Å². The van der Waals surface area contributed by atoms with Crippen LogP contribution in [0.2, 0.25) is 5.02 Å². The van der Waals surface area contributed by atoms with Crippen molar-refractivity contribution in [1.82, 2.24) is 5.32 Å². The van der Waals surface area contributed by atoms with Gasteiger partial charge in [-0.25, -0.2) is 0 Å². The van der Waals surface area contributed by atoms with Crippen LogP contribution in [0, 0.1) is 13.8 Å². The lowest BCUT2D eigenvalue weighted by atomic mass is 9.92. The van der Waals surface area contributed by atoms with Gasteiger partial charge in [0.1, 0.15) is 0 Å². The van der Waals surface area contributed by atoms with Crippen molar-refractivity contribution in [3.8, 4) is 0 Å². The molecule has 2 aromatic carbocycles. The quantitative estimate of drug-likeness (QED) is 0.812. The number of rotatable bonds is 5. The predicted molar refractivity (Wildman–Crippen MR) is 87.5 cm³/mol. The minimum absolute atomic E-state index is 0.204. The second kappa shape index (κ2) is 6.92. The largest absolute Gasteiger partial charge is 0.306 e. The average molecular weight is 288 g/mol. The highest BCUT2D eigenvalue weighted by Crippen LogP contribution is 2.30. The van der Waals surface area contributed by atoms with Gasteiger partial charge in [0.05, 0.1) is 6.04 Å². The van der Waals surface area contributed by atoms with E-state index < -0.39 is 0 Å². The summed E-state index contributed by atoms with van der Waals surface area (Å²) in [6, 6.07) is 14.9. The van der Waals surface area contributed by atoms with Crippen molar-refractivity contribution in [2.24, 2.45) is 0 Å². The highest BCUT2D eigenvalue weighted by molar-refractivity contribution is 6.31. The molecule has 0 amide bonds. The average Bonchev–Trinajstić information content (AvgIpc) is 2.45. The van der Waals surface area contributed by atoms with Crippen LogP contribution in [0.25, 0.3) is 0 Å². The number of benzene rings is 2. The molecule has 0 aromatic heterocycles. The van der Waals surface area contributed by atoms with Gasteiger partial charge in [-0.05, 0) is 55.1 Å². The Hall–Kier alpha value is -1.31. The minimum atomic E-state index is 0.204. The van der Waals surface area contributed by atoms with Gasteiger partial charge < -0.3 is 5.32 Å². The summed E-state index contributed by atoms with van der Waals surface area (Å²) in [5, 5.41) is 4.48. The van der Waals surface area contributed by atoms with Crippen molar-refractivity contribution in [1.29, 1.82) is 0 Å². The third-order valence-corrected chi connectivity index (χ3v) is 4.13. The topological polar surface area (TPSA) is 12.0 Å². The number of nitrogens with one attached hydrogen (secondary N) is 1. The highest BCUT2D eigenvalue weighted by Gasteiger charge is 2.17. The Morgan fingerprint density at radius 1 is 1.00 bits per heavy atom. The fourth-order valence-electron chi connectivity index (χ4n) is 2.52. The SMILES string of the molecule is CCCNC(c1ccccc1C)c1cccc(Cl)c1C. The molecule has 0 fully saturated rings. The van der Waals surface area contributed by atoms with Crippen LogP contribution in [0.4, 0.5) is 0 Å². The molecule has 1 atom stereocenters. The van der Waals surface area contributed by atoms with E-state index in [0.717, 1.165) is 23.6 Å². The van der Waals surface area contributed by atoms with Gasteiger partial charge in [0, 0.05) is 5.02 Å². The maximum Gasteiger partial charge on any atom is 0.0582 e. The molecular weight excluding hydrogens is 266 g/mol. The molecule has 0 spiro atoms. The van der Waals surface area contributed by atoms with E-state index in [1.54, 1.807) is 0 Å². The zero-order valence-corrected chi connectivity index (χ0v) is 13.2. The molecule has 2 rings (SSSR count). The zero-order valence-electron chi connectivity index (χ0n) is 12.4. The van der Waals surface area contributed by atoms with Crippen LogP contribution < -0.4 is 5.32 Å². The summed E-state index contributed by atoms with van der Waals surface area (Å²) in [4.78, 5) is 0. The molecule has 2 heteroatoms. The van der Waals surface area contributed by atoms with E-state index in [4.69, 9.17) is 11.6 Å². The standard InChI is InChI=1S/C18H22ClN/c1-4-12-20-18(15-9-6-5-8-13(15)2)16-10-7-11-17(19)14(16)3/h5-11,18,20H,4,12H2,1-3H3. The molecule has 0 aliphatic rings. The molecule has 0 heterocycles. The van der Waals surface area contributed by atoms with Crippen LogP contribution >= 0.6 is 11.6 Å². The van der Waals surface area contributed by atoms with Crippen molar-refractivity contribution in [3.63, 3.8) is 0 Å². The number of hydrogen-bond acceptors (Lipinski definition) is 1. The van der Waals surface area contributed by atoms with Gasteiger partial charge in [-0.2, -0.15) is 0 Å². The second-order valence-electron chi connectivity index (χ2n) is 5.20. The lowest BCUT2D eigenvalue weighted by Crippen LogP contribution is -2.24. The normalized spacial score (nSPS) is 12.4. The maximum absolute atomic E-state index is 6.29. The first-order valence-corrected chi connectivity index (χ1v) is 7.56. The van der Waals surface area contributed by atoms with Crippen LogP contribution in [-0.2, 0) is 0 Å². The second-order valence-corrected chi connectivity index (χ2v) is 5.60. The summed E-state index contributed by atoms with van der Waals surface area (Å²) in [6.07, 6.45) is 1.11. The van der Waals surface area contributed by atoms with E-state index in [1.165, 1.54) is 16.7 Å². The van der Waals surface area contributed by atoms with Crippen LogP contribution in [0.3, 0.4) is 0 Å². The Balaban J connectivity index is 2.47.